The number of ether oxygens (including phenoxy) is 3. The van der Waals surface area contributed by atoms with Gasteiger partial charge in [-0.15, -0.1) is 0 Å². The fraction of sp³-hybridized carbons (Fsp3) is 0.619. The van der Waals surface area contributed by atoms with Crippen LogP contribution in [0.15, 0.2) is 23.1 Å². The lowest BCUT2D eigenvalue weighted by molar-refractivity contribution is -0.151. The topological polar surface area (TPSA) is 102 Å². The highest BCUT2D eigenvalue weighted by Gasteiger charge is 2.32. The molecule has 1 amide bonds. The average molecular weight is 455 g/mol. The first-order valence-corrected chi connectivity index (χ1v) is 11.9. The zero-order valence-corrected chi connectivity index (χ0v) is 19.2. The van der Waals surface area contributed by atoms with Crippen molar-refractivity contribution in [2.45, 2.75) is 50.9 Å². The van der Waals surface area contributed by atoms with Gasteiger partial charge in [0.05, 0.1) is 35.9 Å². The third-order valence-electron chi connectivity index (χ3n) is 5.40. The Kier molecular flexibility index (Phi) is 7.35. The van der Waals surface area contributed by atoms with E-state index >= 15 is 0 Å². The first kappa shape index (κ1) is 23.6. The van der Waals surface area contributed by atoms with E-state index in [1.165, 1.54) is 23.4 Å². The highest BCUT2D eigenvalue weighted by Crippen LogP contribution is 2.22. The van der Waals surface area contributed by atoms with Gasteiger partial charge in [-0.3, -0.25) is 4.79 Å². The van der Waals surface area contributed by atoms with Crippen molar-refractivity contribution in [2.75, 3.05) is 39.4 Å². The van der Waals surface area contributed by atoms with Crippen molar-refractivity contribution in [3.05, 3.63) is 29.3 Å². The van der Waals surface area contributed by atoms with Crippen molar-refractivity contribution in [3.8, 4) is 0 Å². The number of aryl methyl sites for hydroxylation is 1. The monoisotopic (exact) mass is 454 g/mol. The van der Waals surface area contributed by atoms with Crippen molar-refractivity contribution in [2.24, 2.45) is 0 Å². The van der Waals surface area contributed by atoms with E-state index in [1.807, 2.05) is 13.8 Å². The molecule has 1 aromatic rings. The molecule has 172 valence electrons. The quantitative estimate of drug-likeness (QED) is 0.616. The maximum atomic E-state index is 12.9. The molecule has 9 nitrogen and oxygen atoms in total. The molecule has 2 fully saturated rings. The number of carbonyl (C=O) groups is 2. The van der Waals surface area contributed by atoms with Crippen LogP contribution in [0.1, 0.15) is 36.7 Å². The van der Waals surface area contributed by atoms with Crippen LogP contribution in [0.5, 0.6) is 0 Å². The third kappa shape index (κ3) is 5.43. The van der Waals surface area contributed by atoms with Gasteiger partial charge in [0.25, 0.3) is 5.91 Å². The van der Waals surface area contributed by atoms with Gasteiger partial charge in [-0.2, -0.15) is 4.31 Å². The predicted molar refractivity (Wildman–Crippen MR) is 112 cm³/mol. The fourth-order valence-corrected chi connectivity index (χ4v) is 5.24. The van der Waals surface area contributed by atoms with Crippen LogP contribution in [0.25, 0.3) is 0 Å². The molecule has 3 unspecified atom stereocenters. The molecule has 0 radical (unpaired) electrons. The second-order valence-electron chi connectivity index (χ2n) is 8.04. The molecule has 1 aromatic carbocycles. The molecule has 0 aliphatic carbocycles. The Morgan fingerprint density at radius 2 is 1.74 bits per heavy atom. The predicted octanol–water partition coefficient (Wildman–Crippen LogP) is 1.20. The fourth-order valence-electron chi connectivity index (χ4n) is 3.81. The number of rotatable bonds is 5. The first-order chi connectivity index (χ1) is 14.6. The van der Waals surface area contributed by atoms with Crippen molar-refractivity contribution in [1.29, 1.82) is 0 Å². The number of sulfonamides is 1. The molecule has 0 aromatic heterocycles. The van der Waals surface area contributed by atoms with E-state index in [2.05, 4.69) is 0 Å². The van der Waals surface area contributed by atoms with Crippen LogP contribution in [-0.4, -0.2) is 87.2 Å². The first-order valence-electron chi connectivity index (χ1n) is 10.4. The van der Waals surface area contributed by atoms with Gasteiger partial charge in [0, 0.05) is 26.2 Å². The molecule has 10 heteroatoms. The molecule has 2 heterocycles. The minimum Gasteiger partial charge on any atom is -0.449 e. The van der Waals surface area contributed by atoms with E-state index in [1.54, 1.807) is 17.9 Å². The van der Waals surface area contributed by atoms with Crippen molar-refractivity contribution in [3.63, 3.8) is 0 Å². The number of hydrogen-bond acceptors (Lipinski definition) is 7. The second-order valence-corrected chi connectivity index (χ2v) is 9.98. The van der Waals surface area contributed by atoms with Gasteiger partial charge in [0.2, 0.25) is 10.0 Å². The molecular weight excluding hydrogens is 424 g/mol. The van der Waals surface area contributed by atoms with E-state index in [0.717, 1.165) is 0 Å². The van der Waals surface area contributed by atoms with Crippen molar-refractivity contribution in [1.82, 2.24) is 9.21 Å². The summed E-state index contributed by atoms with van der Waals surface area (Å²) in [6.45, 7) is 9.03. The molecule has 2 saturated heterocycles. The largest absolute Gasteiger partial charge is 0.449 e. The van der Waals surface area contributed by atoms with Crippen molar-refractivity contribution >= 4 is 21.9 Å². The molecule has 31 heavy (non-hydrogen) atoms. The Balaban J connectivity index is 1.74. The van der Waals surface area contributed by atoms with Crippen LogP contribution in [0.3, 0.4) is 0 Å². The minimum atomic E-state index is -3.75. The lowest BCUT2D eigenvalue weighted by Gasteiger charge is -2.36. The summed E-state index contributed by atoms with van der Waals surface area (Å²) >= 11 is 0. The standard InChI is InChI=1S/C21H30N2O7S/c1-14-5-6-18(31(26,27)23-7-9-28-10-8-23)11-19(14)21(25)30-17(4)20(24)22-12-15(2)29-16(3)13-22/h5-6,11,15-17H,7-10,12-13H2,1-4H3. The van der Waals surface area contributed by atoms with Crippen LogP contribution >= 0.6 is 0 Å². The van der Waals surface area contributed by atoms with E-state index in [9.17, 15) is 18.0 Å². The molecule has 2 aliphatic heterocycles. The highest BCUT2D eigenvalue weighted by atomic mass is 32.2. The SMILES string of the molecule is Cc1ccc(S(=O)(=O)N2CCOCC2)cc1C(=O)OC(C)C(=O)N1CC(C)OC(C)C1. The lowest BCUT2D eigenvalue weighted by atomic mass is 10.1. The number of carbonyl (C=O) groups excluding carboxylic acids is 2. The van der Waals surface area contributed by atoms with E-state index in [-0.39, 0.29) is 41.7 Å². The van der Waals surface area contributed by atoms with E-state index in [0.29, 0.717) is 31.9 Å². The third-order valence-corrected chi connectivity index (χ3v) is 7.29. The summed E-state index contributed by atoms with van der Waals surface area (Å²) in [5, 5.41) is 0. The van der Waals surface area contributed by atoms with Gasteiger partial charge in [0.1, 0.15) is 0 Å². The normalized spacial score (nSPS) is 23.9. The number of benzene rings is 1. The van der Waals surface area contributed by atoms with Crippen LogP contribution in [0, 0.1) is 6.92 Å². The summed E-state index contributed by atoms with van der Waals surface area (Å²) in [6.07, 6.45) is -1.19. The maximum Gasteiger partial charge on any atom is 0.339 e. The maximum absolute atomic E-state index is 12.9. The zero-order chi connectivity index (χ0) is 22.8. The molecule has 0 N–H and O–H groups in total. The summed E-state index contributed by atoms with van der Waals surface area (Å²) in [5.74, 6) is -1.03. The van der Waals surface area contributed by atoms with Gasteiger partial charge in [-0.1, -0.05) is 6.07 Å². The molecule has 3 rings (SSSR count). The van der Waals surface area contributed by atoms with E-state index < -0.39 is 22.1 Å². The van der Waals surface area contributed by atoms with Crippen LogP contribution in [0.4, 0.5) is 0 Å². The van der Waals surface area contributed by atoms with Crippen LogP contribution < -0.4 is 0 Å². The molecule has 0 spiro atoms. The molecular formula is C21H30N2O7S. The van der Waals surface area contributed by atoms with Gasteiger partial charge in [-0.05, 0) is 45.4 Å². The van der Waals surface area contributed by atoms with Crippen LogP contribution in [-0.2, 0) is 29.0 Å². The van der Waals surface area contributed by atoms with E-state index in [4.69, 9.17) is 14.2 Å². The van der Waals surface area contributed by atoms with Gasteiger partial charge in [0.15, 0.2) is 6.10 Å². The average Bonchev–Trinajstić information content (AvgIpc) is 2.73. The number of hydrogen-bond donors (Lipinski definition) is 0. The number of esters is 1. The van der Waals surface area contributed by atoms with Crippen molar-refractivity contribution < 1.29 is 32.2 Å². The van der Waals surface area contributed by atoms with Crippen LogP contribution in [0.2, 0.25) is 0 Å². The number of amides is 1. The molecule has 0 saturated carbocycles. The summed E-state index contributed by atoms with van der Waals surface area (Å²) in [5.41, 5.74) is 0.692. The van der Waals surface area contributed by atoms with Gasteiger partial charge in [-0.25, -0.2) is 13.2 Å². The second kappa shape index (κ2) is 9.64. The Hall–Kier alpha value is -2.01. The number of nitrogens with zero attached hydrogens (tertiary/aromatic N) is 2. The summed E-state index contributed by atoms with van der Waals surface area (Å²) < 4.78 is 43.4. The highest BCUT2D eigenvalue weighted by molar-refractivity contribution is 7.89. The lowest BCUT2D eigenvalue weighted by Crippen LogP contribution is -2.51. The Morgan fingerprint density at radius 1 is 1.13 bits per heavy atom. The Bertz CT molecular complexity index is 918. The Labute approximate surface area is 183 Å². The molecule has 3 atom stereocenters. The smallest absolute Gasteiger partial charge is 0.339 e. The summed E-state index contributed by atoms with van der Waals surface area (Å²) in [7, 11) is -3.75. The molecule has 2 aliphatic rings. The van der Waals surface area contributed by atoms with Gasteiger partial charge >= 0.3 is 5.97 Å². The molecule has 0 bridgehead atoms. The zero-order valence-electron chi connectivity index (χ0n) is 18.4. The summed E-state index contributed by atoms with van der Waals surface area (Å²) in [4.78, 5) is 27.2. The van der Waals surface area contributed by atoms with Gasteiger partial charge < -0.3 is 19.1 Å². The number of morpholine rings is 2. The minimum absolute atomic E-state index is 0.0155. The summed E-state index contributed by atoms with van der Waals surface area (Å²) in [6, 6.07) is 4.36. The Morgan fingerprint density at radius 3 is 2.35 bits per heavy atom.